The van der Waals surface area contributed by atoms with Gasteiger partial charge in [0.05, 0.1) is 42.9 Å². The van der Waals surface area contributed by atoms with Crippen molar-refractivity contribution >= 4 is 32.6 Å². The summed E-state index contributed by atoms with van der Waals surface area (Å²) in [7, 11) is -2.18. The molecule has 2 aliphatic heterocycles. The lowest BCUT2D eigenvalue weighted by Crippen LogP contribution is -2.39. The lowest BCUT2D eigenvalue weighted by molar-refractivity contribution is -0.0876. The van der Waals surface area contributed by atoms with Crippen LogP contribution in [0.2, 0.25) is 0 Å². The summed E-state index contributed by atoms with van der Waals surface area (Å²) >= 11 is 0. The Balaban J connectivity index is 1.57. The Labute approximate surface area is 220 Å². The van der Waals surface area contributed by atoms with Gasteiger partial charge >= 0.3 is 0 Å². The van der Waals surface area contributed by atoms with Gasteiger partial charge in [-0.25, -0.2) is 12.8 Å². The smallest absolute Gasteiger partial charge is 0.255 e. The number of furan rings is 1. The molecule has 2 unspecified atom stereocenters. The van der Waals surface area contributed by atoms with Crippen molar-refractivity contribution in [1.29, 1.82) is 0 Å². The van der Waals surface area contributed by atoms with Crippen LogP contribution in [0.1, 0.15) is 41.8 Å². The van der Waals surface area contributed by atoms with Gasteiger partial charge in [0.25, 0.3) is 5.91 Å². The topological polar surface area (TPSA) is 107 Å². The van der Waals surface area contributed by atoms with Gasteiger partial charge in [-0.3, -0.25) is 9.10 Å². The van der Waals surface area contributed by atoms with E-state index >= 15 is 0 Å². The van der Waals surface area contributed by atoms with Crippen molar-refractivity contribution < 1.29 is 36.2 Å². The molecule has 1 N–H and O–H groups in total. The second kappa shape index (κ2) is 10.6. The third kappa shape index (κ3) is 5.28. The molecular formula is C27H31FN2O7S. The van der Waals surface area contributed by atoms with E-state index in [1.54, 1.807) is 12.1 Å². The molecule has 0 spiro atoms. The van der Waals surface area contributed by atoms with E-state index < -0.39 is 28.0 Å². The number of hydrogen-bond acceptors (Lipinski definition) is 7. The number of carbonyl (C=O) groups is 1. The zero-order valence-corrected chi connectivity index (χ0v) is 22.3. The number of sulfonamides is 1. The molecule has 3 aromatic rings. The van der Waals surface area contributed by atoms with Crippen molar-refractivity contribution in [3.05, 3.63) is 53.3 Å². The lowest BCUT2D eigenvalue weighted by atomic mass is 10.0. The summed E-state index contributed by atoms with van der Waals surface area (Å²) in [4.78, 5) is 13.0. The number of fused-ring (bicyclic) bond motifs is 2. The van der Waals surface area contributed by atoms with Crippen molar-refractivity contribution in [2.45, 2.75) is 38.1 Å². The molecular weight excluding hydrogens is 515 g/mol. The Hall–Kier alpha value is -2.99. The number of nitrogens with zero attached hydrogens (tertiary/aromatic N) is 1. The predicted octanol–water partition coefficient (Wildman–Crippen LogP) is 4.02. The minimum Gasteiger partial charge on any atom is -0.455 e. The SMILES string of the molecule is CNC(=O)c1c(-c2ccc(F)cc2)oc2cc3c(cc12)C(C)OC(COC1CCOCC1)CN3S(C)(=O)=O. The molecule has 0 radical (unpaired) electrons. The predicted molar refractivity (Wildman–Crippen MR) is 140 cm³/mol. The highest BCUT2D eigenvalue weighted by atomic mass is 32.2. The Morgan fingerprint density at radius 1 is 1.18 bits per heavy atom. The first-order valence-electron chi connectivity index (χ1n) is 12.6. The van der Waals surface area contributed by atoms with Crippen LogP contribution in [-0.4, -0.2) is 66.2 Å². The van der Waals surface area contributed by atoms with E-state index in [2.05, 4.69) is 5.32 Å². The third-order valence-electron chi connectivity index (χ3n) is 6.96. The van der Waals surface area contributed by atoms with Crippen LogP contribution < -0.4 is 9.62 Å². The van der Waals surface area contributed by atoms with Gasteiger partial charge in [-0.1, -0.05) is 0 Å². The Morgan fingerprint density at radius 3 is 2.55 bits per heavy atom. The van der Waals surface area contributed by atoms with Gasteiger partial charge in [-0.2, -0.15) is 0 Å². The first kappa shape index (κ1) is 26.6. The van der Waals surface area contributed by atoms with Crippen LogP contribution in [0.5, 0.6) is 0 Å². The van der Waals surface area contributed by atoms with Gasteiger partial charge in [0.1, 0.15) is 23.3 Å². The van der Waals surface area contributed by atoms with Crippen molar-refractivity contribution in [3.8, 4) is 11.3 Å². The maximum atomic E-state index is 13.6. The largest absolute Gasteiger partial charge is 0.455 e. The van der Waals surface area contributed by atoms with Crippen LogP contribution in [0.4, 0.5) is 10.1 Å². The van der Waals surface area contributed by atoms with Crippen LogP contribution in [0.25, 0.3) is 22.3 Å². The average molecular weight is 547 g/mol. The normalized spacial score (nSPS) is 20.8. The van der Waals surface area contributed by atoms with Crippen LogP contribution in [0, 0.1) is 5.82 Å². The van der Waals surface area contributed by atoms with Gasteiger partial charge < -0.3 is 23.9 Å². The van der Waals surface area contributed by atoms with E-state index in [1.165, 1.54) is 35.6 Å². The molecule has 1 amide bonds. The fourth-order valence-corrected chi connectivity index (χ4v) is 5.98. The Bertz CT molecular complexity index is 1430. The zero-order valence-electron chi connectivity index (χ0n) is 21.5. The molecule has 1 fully saturated rings. The van der Waals surface area contributed by atoms with Crippen LogP contribution in [0.15, 0.2) is 40.8 Å². The zero-order chi connectivity index (χ0) is 27.0. The molecule has 38 heavy (non-hydrogen) atoms. The lowest BCUT2D eigenvalue weighted by Gasteiger charge is -2.27. The fourth-order valence-electron chi connectivity index (χ4n) is 5.03. The molecule has 1 aromatic heterocycles. The maximum Gasteiger partial charge on any atom is 0.255 e. The molecule has 2 aromatic carbocycles. The molecule has 2 aliphatic rings. The molecule has 0 saturated carbocycles. The molecule has 0 bridgehead atoms. The van der Waals surface area contributed by atoms with Crippen molar-refractivity contribution in [2.75, 3.05) is 44.0 Å². The summed E-state index contributed by atoms with van der Waals surface area (Å²) in [6.45, 7) is 3.43. The molecule has 5 rings (SSSR count). The number of benzene rings is 2. The fraction of sp³-hybridized carbons (Fsp3) is 0.444. The molecule has 9 nitrogen and oxygen atoms in total. The highest BCUT2D eigenvalue weighted by molar-refractivity contribution is 7.92. The first-order chi connectivity index (χ1) is 18.2. The highest BCUT2D eigenvalue weighted by Gasteiger charge is 2.34. The number of nitrogens with one attached hydrogen (secondary N) is 1. The number of halogens is 1. The number of anilines is 1. The third-order valence-corrected chi connectivity index (χ3v) is 8.10. The van der Waals surface area contributed by atoms with E-state index in [1.807, 2.05) is 6.92 Å². The summed E-state index contributed by atoms with van der Waals surface area (Å²) in [5.74, 6) is -0.530. The number of carbonyl (C=O) groups excluding carboxylic acids is 1. The second-order valence-electron chi connectivity index (χ2n) is 9.64. The summed E-state index contributed by atoms with van der Waals surface area (Å²) in [5.41, 5.74) is 2.15. The molecule has 204 valence electrons. The van der Waals surface area contributed by atoms with Gasteiger partial charge in [0.2, 0.25) is 10.0 Å². The highest BCUT2D eigenvalue weighted by Crippen LogP contribution is 2.42. The maximum absolute atomic E-state index is 13.6. The van der Waals surface area contributed by atoms with E-state index in [9.17, 15) is 17.6 Å². The minimum atomic E-state index is -3.70. The number of ether oxygens (including phenoxy) is 3. The van der Waals surface area contributed by atoms with Crippen molar-refractivity contribution in [1.82, 2.24) is 5.32 Å². The number of hydrogen-bond donors (Lipinski definition) is 1. The van der Waals surface area contributed by atoms with E-state index in [0.717, 1.165) is 19.1 Å². The summed E-state index contributed by atoms with van der Waals surface area (Å²) < 4.78 is 64.7. The monoisotopic (exact) mass is 546 g/mol. The van der Waals surface area contributed by atoms with E-state index in [0.29, 0.717) is 41.0 Å². The van der Waals surface area contributed by atoms with Crippen LogP contribution >= 0.6 is 0 Å². The Morgan fingerprint density at radius 2 is 1.89 bits per heavy atom. The second-order valence-corrected chi connectivity index (χ2v) is 11.5. The van der Waals surface area contributed by atoms with Gasteiger partial charge in [-0.15, -0.1) is 0 Å². The van der Waals surface area contributed by atoms with Gasteiger partial charge in [-0.05, 0) is 50.1 Å². The van der Waals surface area contributed by atoms with Crippen LogP contribution in [-0.2, 0) is 24.2 Å². The van der Waals surface area contributed by atoms with Crippen molar-refractivity contribution in [2.24, 2.45) is 0 Å². The van der Waals surface area contributed by atoms with Crippen LogP contribution in [0.3, 0.4) is 0 Å². The molecule has 11 heteroatoms. The van der Waals surface area contributed by atoms with E-state index in [4.69, 9.17) is 18.6 Å². The number of rotatable bonds is 6. The first-order valence-corrected chi connectivity index (χ1v) is 14.4. The summed E-state index contributed by atoms with van der Waals surface area (Å²) in [6, 6.07) is 9.01. The Kier molecular flexibility index (Phi) is 7.45. The van der Waals surface area contributed by atoms with Crippen molar-refractivity contribution in [3.63, 3.8) is 0 Å². The molecule has 0 aliphatic carbocycles. The van der Waals surface area contributed by atoms with Gasteiger partial charge in [0.15, 0.2) is 0 Å². The minimum absolute atomic E-state index is 0.0438. The quantitative estimate of drug-likeness (QED) is 0.498. The summed E-state index contributed by atoms with van der Waals surface area (Å²) in [5, 5.41) is 3.14. The molecule has 3 heterocycles. The van der Waals surface area contributed by atoms with Gasteiger partial charge in [0, 0.05) is 42.8 Å². The molecule has 2 atom stereocenters. The summed E-state index contributed by atoms with van der Waals surface area (Å²) in [6.07, 6.45) is 1.76. The molecule has 1 saturated heterocycles. The number of amides is 1. The standard InChI is InChI=1S/C27H31FN2O7S/c1-16-21-12-22-24(37-26(25(22)27(31)29-2)17-4-6-18(28)7-5-17)13-23(21)30(38(3,32)33)14-20(36-16)15-35-19-8-10-34-11-9-19/h4-7,12-13,16,19-20H,8-11,14-15H2,1-3H3,(H,29,31). The van der Waals surface area contributed by atoms with E-state index in [-0.39, 0.29) is 36.5 Å². The average Bonchev–Trinajstić information content (AvgIpc) is 3.20.